The summed E-state index contributed by atoms with van der Waals surface area (Å²) >= 11 is 0. The number of aliphatic hydroxyl groups is 1. The molecule has 0 aliphatic heterocycles. The predicted octanol–water partition coefficient (Wildman–Crippen LogP) is 2.69. The van der Waals surface area contributed by atoms with Crippen LogP contribution in [-0.4, -0.2) is 36.4 Å². The summed E-state index contributed by atoms with van der Waals surface area (Å²) in [6, 6.07) is 18.6. The van der Waals surface area contributed by atoms with Crippen LogP contribution >= 0.6 is 0 Å². The smallest absolute Gasteiger partial charge is 0.184 e. The number of aldehydes is 1. The lowest BCUT2D eigenvalue weighted by molar-refractivity contribution is -0.132. The zero-order valence-corrected chi connectivity index (χ0v) is 13.3. The maximum absolute atomic E-state index is 13.8. The molecule has 4 nitrogen and oxygen atoms in total. The molecule has 128 valence electrons. The zero-order chi connectivity index (χ0) is 17.2. The monoisotopic (exact) mass is 332 g/mol. The Morgan fingerprint density at radius 2 is 1.50 bits per heavy atom. The summed E-state index contributed by atoms with van der Waals surface area (Å²) in [6.07, 6.45) is -4.28. The molecule has 2 aromatic rings. The Labute approximate surface area is 140 Å². The second-order valence-corrected chi connectivity index (χ2v) is 5.41. The largest absolute Gasteiger partial charge is 0.388 e. The van der Waals surface area contributed by atoms with Crippen molar-refractivity contribution in [3.63, 3.8) is 0 Å². The Kier molecular flexibility index (Phi) is 7.55. The molecule has 0 saturated heterocycles. The van der Waals surface area contributed by atoms with E-state index in [1.807, 2.05) is 60.7 Å². The summed E-state index contributed by atoms with van der Waals surface area (Å²) in [4.78, 5) is 10.8. The molecule has 0 heterocycles. The van der Waals surface area contributed by atoms with Crippen LogP contribution in [0.15, 0.2) is 60.7 Å². The molecule has 2 aromatic carbocycles. The Morgan fingerprint density at radius 3 is 2.04 bits per heavy atom. The van der Waals surface area contributed by atoms with Gasteiger partial charge in [-0.25, -0.2) is 4.39 Å². The average Bonchev–Trinajstić information content (AvgIpc) is 2.63. The van der Waals surface area contributed by atoms with Gasteiger partial charge in [-0.15, -0.1) is 0 Å². The first-order valence-electron chi connectivity index (χ1n) is 7.75. The summed E-state index contributed by atoms with van der Waals surface area (Å²) < 4.78 is 24.6. The van der Waals surface area contributed by atoms with E-state index < -0.39 is 18.4 Å². The van der Waals surface area contributed by atoms with Crippen molar-refractivity contribution >= 4 is 6.29 Å². The minimum absolute atomic E-state index is 0.107. The molecule has 0 radical (unpaired) electrons. The molecule has 0 saturated carbocycles. The lowest BCUT2D eigenvalue weighted by atomic mass is 10.1. The van der Waals surface area contributed by atoms with Crippen LogP contribution in [0.5, 0.6) is 0 Å². The number of carbonyl (C=O) groups is 1. The van der Waals surface area contributed by atoms with Crippen molar-refractivity contribution in [2.45, 2.75) is 31.6 Å². The third-order valence-corrected chi connectivity index (χ3v) is 3.51. The number of hydrogen-bond acceptors (Lipinski definition) is 4. The SMILES string of the molecule is O=C[C@H](F)[C@H](OCc1ccccc1)[C@H](O)COCc1ccccc1. The highest BCUT2D eigenvalue weighted by molar-refractivity contribution is 5.57. The van der Waals surface area contributed by atoms with Crippen LogP contribution < -0.4 is 0 Å². The molecule has 3 atom stereocenters. The van der Waals surface area contributed by atoms with E-state index in [1.165, 1.54) is 0 Å². The molecule has 0 fully saturated rings. The highest BCUT2D eigenvalue weighted by Gasteiger charge is 2.29. The van der Waals surface area contributed by atoms with Crippen molar-refractivity contribution in [1.82, 2.24) is 0 Å². The number of aliphatic hydroxyl groups excluding tert-OH is 1. The molecule has 2 rings (SSSR count). The average molecular weight is 332 g/mol. The molecular formula is C19H21FO4. The van der Waals surface area contributed by atoms with Gasteiger partial charge in [0.2, 0.25) is 0 Å². The van der Waals surface area contributed by atoms with Gasteiger partial charge >= 0.3 is 0 Å². The van der Waals surface area contributed by atoms with Crippen LogP contribution in [-0.2, 0) is 27.5 Å². The van der Waals surface area contributed by atoms with Gasteiger partial charge in [-0.3, -0.25) is 0 Å². The number of benzene rings is 2. The molecule has 0 aromatic heterocycles. The van der Waals surface area contributed by atoms with E-state index in [9.17, 15) is 14.3 Å². The Balaban J connectivity index is 1.85. The summed E-state index contributed by atoms with van der Waals surface area (Å²) in [6.45, 7) is 0.277. The molecular weight excluding hydrogens is 311 g/mol. The number of carbonyl (C=O) groups excluding carboxylic acids is 1. The molecule has 0 aliphatic rings. The maximum atomic E-state index is 13.8. The Morgan fingerprint density at radius 1 is 0.958 bits per heavy atom. The molecule has 0 spiro atoms. The fraction of sp³-hybridized carbons (Fsp3) is 0.316. The zero-order valence-electron chi connectivity index (χ0n) is 13.3. The van der Waals surface area contributed by atoms with E-state index in [0.29, 0.717) is 6.61 Å². The Hall–Kier alpha value is -2.08. The van der Waals surface area contributed by atoms with Crippen LogP contribution in [0, 0.1) is 0 Å². The van der Waals surface area contributed by atoms with E-state index in [-0.39, 0.29) is 19.5 Å². The van der Waals surface area contributed by atoms with Crippen LogP contribution in [0.1, 0.15) is 11.1 Å². The molecule has 24 heavy (non-hydrogen) atoms. The van der Waals surface area contributed by atoms with E-state index in [2.05, 4.69) is 0 Å². The van der Waals surface area contributed by atoms with Gasteiger partial charge in [0.05, 0.1) is 19.8 Å². The van der Waals surface area contributed by atoms with E-state index >= 15 is 0 Å². The van der Waals surface area contributed by atoms with Crippen molar-refractivity contribution in [2.24, 2.45) is 0 Å². The summed E-state index contributed by atoms with van der Waals surface area (Å²) in [5, 5.41) is 10.1. The first kappa shape index (κ1) is 18.3. The number of halogens is 1. The number of alkyl halides is 1. The number of rotatable bonds is 10. The van der Waals surface area contributed by atoms with E-state index in [0.717, 1.165) is 11.1 Å². The fourth-order valence-corrected chi connectivity index (χ4v) is 2.23. The highest BCUT2D eigenvalue weighted by Crippen LogP contribution is 2.13. The van der Waals surface area contributed by atoms with Gasteiger partial charge in [-0.05, 0) is 11.1 Å². The quantitative estimate of drug-likeness (QED) is 0.680. The van der Waals surface area contributed by atoms with Gasteiger partial charge in [0.15, 0.2) is 12.5 Å². The van der Waals surface area contributed by atoms with E-state index in [4.69, 9.17) is 9.47 Å². The molecule has 1 N–H and O–H groups in total. The standard InChI is InChI=1S/C19H21FO4/c20-17(11-21)19(24-13-16-9-5-2-6-10-16)18(22)14-23-12-15-7-3-1-4-8-15/h1-11,17-19,22H,12-14H2/t17-,18+,19-/m0/s1. The molecule has 0 bridgehead atoms. The van der Waals surface area contributed by atoms with Gasteiger partial charge < -0.3 is 19.4 Å². The van der Waals surface area contributed by atoms with Crippen molar-refractivity contribution in [2.75, 3.05) is 6.61 Å². The molecule has 5 heteroatoms. The van der Waals surface area contributed by atoms with Crippen molar-refractivity contribution in [1.29, 1.82) is 0 Å². The van der Waals surface area contributed by atoms with Gasteiger partial charge in [0.25, 0.3) is 0 Å². The molecule has 0 unspecified atom stereocenters. The third-order valence-electron chi connectivity index (χ3n) is 3.51. The van der Waals surface area contributed by atoms with Crippen LogP contribution in [0.3, 0.4) is 0 Å². The lowest BCUT2D eigenvalue weighted by Gasteiger charge is -2.24. The second-order valence-electron chi connectivity index (χ2n) is 5.41. The minimum Gasteiger partial charge on any atom is -0.388 e. The van der Waals surface area contributed by atoms with E-state index in [1.54, 1.807) is 0 Å². The third kappa shape index (κ3) is 5.85. The second kappa shape index (κ2) is 9.93. The van der Waals surface area contributed by atoms with Gasteiger partial charge in [0.1, 0.15) is 12.2 Å². The van der Waals surface area contributed by atoms with Crippen molar-refractivity contribution in [3.8, 4) is 0 Å². The minimum atomic E-state index is -1.91. The fourth-order valence-electron chi connectivity index (χ4n) is 2.23. The number of ether oxygens (including phenoxy) is 2. The van der Waals surface area contributed by atoms with Crippen molar-refractivity contribution in [3.05, 3.63) is 71.8 Å². The summed E-state index contributed by atoms with van der Waals surface area (Å²) in [5.74, 6) is 0. The van der Waals surface area contributed by atoms with Gasteiger partial charge in [-0.2, -0.15) is 0 Å². The van der Waals surface area contributed by atoms with Crippen LogP contribution in [0.4, 0.5) is 4.39 Å². The maximum Gasteiger partial charge on any atom is 0.184 e. The molecule has 0 amide bonds. The topological polar surface area (TPSA) is 55.8 Å². The van der Waals surface area contributed by atoms with Crippen LogP contribution in [0.25, 0.3) is 0 Å². The molecule has 0 aliphatic carbocycles. The summed E-state index contributed by atoms with van der Waals surface area (Å²) in [7, 11) is 0. The van der Waals surface area contributed by atoms with Crippen molar-refractivity contribution < 1.29 is 23.8 Å². The van der Waals surface area contributed by atoms with Gasteiger partial charge in [-0.1, -0.05) is 60.7 Å². The normalized spacial score (nSPS) is 14.8. The highest BCUT2D eigenvalue weighted by atomic mass is 19.1. The van der Waals surface area contributed by atoms with Gasteiger partial charge in [0, 0.05) is 0 Å². The predicted molar refractivity (Wildman–Crippen MR) is 88.1 cm³/mol. The Bertz CT molecular complexity index is 591. The van der Waals surface area contributed by atoms with Crippen LogP contribution in [0.2, 0.25) is 0 Å². The first-order valence-corrected chi connectivity index (χ1v) is 7.75. The summed E-state index contributed by atoms with van der Waals surface area (Å²) in [5.41, 5.74) is 1.77. The lowest BCUT2D eigenvalue weighted by Crippen LogP contribution is -2.41. The number of hydrogen-bond donors (Lipinski definition) is 1. The first-order chi connectivity index (χ1) is 11.7.